The number of hydrogen-bond acceptors (Lipinski definition) is 2. The third kappa shape index (κ3) is 2.16. The fourth-order valence-electron chi connectivity index (χ4n) is 2.10. The lowest BCUT2D eigenvalue weighted by Crippen LogP contribution is -2.25. The first-order valence-electron chi connectivity index (χ1n) is 5.04. The van der Waals surface area contributed by atoms with Gasteiger partial charge in [-0.1, -0.05) is 24.3 Å². The maximum atomic E-state index is 12.1. The fraction of sp³-hybridized carbons (Fsp3) is 0.455. The lowest BCUT2D eigenvalue weighted by atomic mass is 10.1. The summed E-state index contributed by atoms with van der Waals surface area (Å²) in [5, 5.41) is 2.84. The van der Waals surface area contributed by atoms with Crippen LogP contribution in [0.3, 0.4) is 0 Å². The molecule has 0 saturated carbocycles. The second-order valence-electron chi connectivity index (χ2n) is 3.82. The van der Waals surface area contributed by atoms with Gasteiger partial charge in [0, 0.05) is 12.1 Å². The lowest BCUT2D eigenvalue weighted by molar-refractivity contribution is 0.141. The van der Waals surface area contributed by atoms with E-state index in [1.54, 1.807) is 0 Å². The minimum Gasteiger partial charge on any atom is -0.324 e. The van der Waals surface area contributed by atoms with Gasteiger partial charge in [0.05, 0.1) is 6.54 Å². The van der Waals surface area contributed by atoms with E-state index in [4.69, 9.17) is 5.73 Å². The van der Waals surface area contributed by atoms with E-state index < -0.39 is 6.43 Å². The van der Waals surface area contributed by atoms with Crippen LogP contribution in [-0.4, -0.2) is 13.0 Å². The van der Waals surface area contributed by atoms with Gasteiger partial charge in [0.15, 0.2) is 0 Å². The molecule has 0 fully saturated rings. The third-order valence-corrected chi connectivity index (χ3v) is 2.78. The summed E-state index contributed by atoms with van der Waals surface area (Å²) in [7, 11) is 0. The summed E-state index contributed by atoms with van der Waals surface area (Å²) < 4.78 is 24.1. The molecule has 1 aliphatic rings. The molecule has 2 atom stereocenters. The van der Waals surface area contributed by atoms with Gasteiger partial charge in [0.1, 0.15) is 0 Å². The molecule has 2 rings (SSSR count). The Kier molecular flexibility index (Phi) is 2.98. The number of nitrogens with two attached hydrogens (primary N) is 1. The highest BCUT2D eigenvalue weighted by atomic mass is 19.3. The number of rotatable bonds is 3. The Morgan fingerprint density at radius 2 is 2.00 bits per heavy atom. The molecule has 0 spiro atoms. The van der Waals surface area contributed by atoms with Gasteiger partial charge in [-0.25, -0.2) is 8.78 Å². The van der Waals surface area contributed by atoms with Gasteiger partial charge in [-0.15, -0.1) is 0 Å². The lowest BCUT2D eigenvalue weighted by Gasteiger charge is -2.13. The molecule has 2 nitrogen and oxygen atoms in total. The van der Waals surface area contributed by atoms with Crippen LogP contribution in [0, 0.1) is 0 Å². The Morgan fingerprint density at radius 1 is 1.33 bits per heavy atom. The third-order valence-electron chi connectivity index (χ3n) is 2.78. The van der Waals surface area contributed by atoms with Crippen LogP contribution >= 0.6 is 0 Å². The number of halogens is 2. The van der Waals surface area contributed by atoms with Crippen molar-refractivity contribution in [2.45, 2.75) is 24.9 Å². The summed E-state index contributed by atoms with van der Waals surface area (Å²) in [4.78, 5) is 0. The Morgan fingerprint density at radius 3 is 2.67 bits per heavy atom. The van der Waals surface area contributed by atoms with Crippen LogP contribution < -0.4 is 11.1 Å². The fourth-order valence-corrected chi connectivity index (χ4v) is 2.10. The highest BCUT2D eigenvalue weighted by Crippen LogP contribution is 2.36. The summed E-state index contributed by atoms with van der Waals surface area (Å²) in [5.41, 5.74) is 8.05. The Bertz CT molecular complexity index is 341. The van der Waals surface area contributed by atoms with E-state index in [0.717, 1.165) is 11.1 Å². The molecule has 82 valence electrons. The zero-order chi connectivity index (χ0) is 10.8. The summed E-state index contributed by atoms with van der Waals surface area (Å²) in [6.07, 6.45) is -1.61. The van der Waals surface area contributed by atoms with Gasteiger partial charge in [0.25, 0.3) is 6.43 Å². The molecule has 2 unspecified atom stereocenters. The molecular formula is C11H14F2N2. The molecule has 0 radical (unpaired) electrons. The van der Waals surface area contributed by atoms with Crippen LogP contribution in [0.2, 0.25) is 0 Å². The van der Waals surface area contributed by atoms with Crippen LogP contribution in [0.5, 0.6) is 0 Å². The van der Waals surface area contributed by atoms with E-state index in [1.165, 1.54) is 0 Å². The van der Waals surface area contributed by atoms with Crippen LogP contribution in [-0.2, 0) is 0 Å². The molecule has 4 heteroatoms. The predicted molar refractivity (Wildman–Crippen MR) is 54.7 cm³/mol. The topological polar surface area (TPSA) is 38.0 Å². The van der Waals surface area contributed by atoms with Crippen molar-refractivity contribution in [1.82, 2.24) is 5.32 Å². The first-order valence-corrected chi connectivity index (χ1v) is 5.04. The van der Waals surface area contributed by atoms with Gasteiger partial charge in [-0.2, -0.15) is 0 Å². The summed E-state index contributed by atoms with van der Waals surface area (Å²) in [6, 6.07) is 7.69. The normalized spacial score (nSPS) is 24.5. The smallest absolute Gasteiger partial charge is 0.250 e. The average molecular weight is 212 g/mol. The molecule has 0 aromatic heterocycles. The van der Waals surface area contributed by atoms with Crippen molar-refractivity contribution in [3.05, 3.63) is 35.4 Å². The number of benzene rings is 1. The summed E-state index contributed by atoms with van der Waals surface area (Å²) in [5.74, 6) is 0. The molecule has 15 heavy (non-hydrogen) atoms. The monoisotopic (exact) mass is 212 g/mol. The van der Waals surface area contributed by atoms with Gasteiger partial charge < -0.3 is 11.1 Å². The molecule has 1 aliphatic carbocycles. The van der Waals surface area contributed by atoms with Crippen molar-refractivity contribution in [2.24, 2.45) is 5.73 Å². The van der Waals surface area contributed by atoms with Gasteiger partial charge in [0.2, 0.25) is 0 Å². The number of alkyl halides is 2. The molecule has 0 saturated heterocycles. The van der Waals surface area contributed by atoms with E-state index in [-0.39, 0.29) is 18.6 Å². The van der Waals surface area contributed by atoms with Crippen LogP contribution in [0.15, 0.2) is 24.3 Å². The number of nitrogens with one attached hydrogen (secondary N) is 1. The van der Waals surface area contributed by atoms with Crippen molar-refractivity contribution in [1.29, 1.82) is 0 Å². The van der Waals surface area contributed by atoms with E-state index in [9.17, 15) is 8.78 Å². The predicted octanol–water partition coefficient (Wildman–Crippen LogP) is 1.99. The molecule has 3 N–H and O–H groups in total. The maximum Gasteiger partial charge on any atom is 0.250 e. The van der Waals surface area contributed by atoms with Gasteiger partial charge in [-0.05, 0) is 17.5 Å². The van der Waals surface area contributed by atoms with Crippen molar-refractivity contribution in [3.63, 3.8) is 0 Å². The van der Waals surface area contributed by atoms with Gasteiger partial charge >= 0.3 is 0 Å². The van der Waals surface area contributed by atoms with Crippen molar-refractivity contribution < 1.29 is 8.78 Å². The highest BCUT2D eigenvalue weighted by Gasteiger charge is 2.28. The molecule has 0 heterocycles. The quantitative estimate of drug-likeness (QED) is 0.804. The van der Waals surface area contributed by atoms with E-state index in [0.29, 0.717) is 6.42 Å². The Balaban J connectivity index is 2.11. The van der Waals surface area contributed by atoms with E-state index >= 15 is 0 Å². The maximum absolute atomic E-state index is 12.1. The molecular weight excluding hydrogens is 198 g/mol. The van der Waals surface area contributed by atoms with E-state index in [1.807, 2.05) is 24.3 Å². The minimum absolute atomic E-state index is 0.0230. The second kappa shape index (κ2) is 4.24. The average Bonchev–Trinajstić information content (AvgIpc) is 2.54. The SMILES string of the molecule is NC1CC(NCC(F)F)c2ccccc21. The standard InChI is InChI=1S/C11H14F2N2/c12-11(13)6-15-10-5-9(14)7-3-1-2-4-8(7)10/h1-4,9-11,15H,5-6,14H2. The molecule has 1 aromatic rings. The Hall–Kier alpha value is -1.00. The largest absolute Gasteiger partial charge is 0.324 e. The first-order chi connectivity index (χ1) is 7.18. The first kappa shape index (κ1) is 10.5. The minimum atomic E-state index is -2.31. The van der Waals surface area contributed by atoms with Gasteiger partial charge in [-0.3, -0.25) is 0 Å². The van der Waals surface area contributed by atoms with Crippen LogP contribution in [0.1, 0.15) is 29.6 Å². The Labute approximate surface area is 87.5 Å². The zero-order valence-electron chi connectivity index (χ0n) is 8.29. The number of hydrogen-bond donors (Lipinski definition) is 2. The molecule has 0 bridgehead atoms. The van der Waals surface area contributed by atoms with Crippen molar-refractivity contribution in [3.8, 4) is 0 Å². The highest BCUT2D eigenvalue weighted by molar-refractivity contribution is 5.37. The zero-order valence-corrected chi connectivity index (χ0v) is 8.29. The van der Waals surface area contributed by atoms with Crippen molar-refractivity contribution >= 4 is 0 Å². The number of fused-ring (bicyclic) bond motifs is 1. The van der Waals surface area contributed by atoms with Crippen molar-refractivity contribution in [2.75, 3.05) is 6.54 Å². The summed E-state index contributed by atoms with van der Waals surface area (Å²) >= 11 is 0. The summed E-state index contributed by atoms with van der Waals surface area (Å²) in [6.45, 7) is -0.272. The molecule has 1 aromatic carbocycles. The molecule has 0 amide bonds. The van der Waals surface area contributed by atoms with Crippen LogP contribution in [0.25, 0.3) is 0 Å². The molecule has 0 aliphatic heterocycles. The van der Waals surface area contributed by atoms with Crippen LogP contribution in [0.4, 0.5) is 8.78 Å². The second-order valence-corrected chi connectivity index (χ2v) is 3.82. The van der Waals surface area contributed by atoms with E-state index in [2.05, 4.69) is 5.32 Å².